The number of nitrogens with zero attached hydrogens (tertiary/aromatic N) is 1. The van der Waals surface area contributed by atoms with Crippen molar-refractivity contribution < 1.29 is 9.18 Å². The van der Waals surface area contributed by atoms with E-state index in [0.717, 1.165) is 25.9 Å². The lowest BCUT2D eigenvalue weighted by molar-refractivity contribution is -0.119. The minimum absolute atomic E-state index is 0.142. The Labute approximate surface area is 129 Å². The van der Waals surface area contributed by atoms with Crippen LogP contribution >= 0.6 is 11.6 Å². The molecule has 21 heavy (non-hydrogen) atoms. The van der Waals surface area contributed by atoms with Crippen LogP contribution in [0.4, 0.5) is 4.39 Å². The Bertz CT molecular complexity index is 537. The van der Waals surface area contributed by atoms with Gasteiger partial charge in [-0.05, 0) is 31.5 Å². The molecule has 0 unspecified atom stereocenters. The van der Waals surface area contributed by atoms with Crippen molar-refractivity contribution in [1.82, 2.24) is 10.2 Å². The lowest BCUT2D eigenvalue weighted by Gasteiger charge is -2.38. The van der Waals surface area contributed by atoms with E-state index >= 15 is 0 Å². The predicted octanol–water partition coefficient (Wildman–Crippen LogP) is 2.97. The van der Waals surface area contributed by atoms with Gasteiger partial charge in [-0.1, -0.05) is 24.1 Å². The van der Waals surface area contributed by atoms with Crippen molar-refractivity contribution >= 4 is 17.5 Å². The molecule has 0 saturated carbocycles. The summed E-state index contributed by atoms with van der Waals surface area (Å²) in [6, 6.07) is 5.24. The van der Waals surface area contributed by atoms with Gasteiger partial charge in [0.25, 0.3) is 0 Å². The summed E-state index contributed by atoms with van der Waals surface area (Å²) >= 11 is 5.81. The summed E-state index contributed by atoms with van der Waals surface area (Å²) in [5.41, 5.74) is 0.684. The number of rotatable bonds is 3. The number of carbonyl (C=O) groups excluding carboxylic acids is 1. The Kier molecular flexibility index (Phi) is 4.45. The van der Waals surface area contributed by atoms with Crippen molar-refractivity contribution in [2.45, 2.75) is 38.3 Å². The smallest absolute Gasteiger partial charge is 0.220 e. The summed E-state index contributed by atoms with van der Waals surface area (Å²) < 4.78 is 14.0. The molecular formula is C16H20ClFN2O. The van der Waals surface area contributed by atoms with E-state index in [-0.39, 0.29) is 11.7 Å². The van der Waals surface area contributed by atoms with Gasteiger partial charge in [0.05, 0.1) is 0 Å². The summed E-state index contributed by atoms with van der Waals surface area (Å²) in [7, 11) is 0. The van der Waals surface area contributed by atoms with E-state index in [1.54, 1.807) is 12.1 Å². The molecule has 0 spiro atoms. The van der Waals surface area contributed by atoms with Gasteiger partial charge < -0.3 is 5.32 Å². The molecule has 114 valence electrons. The van der Waals surface area contributed by atoms with E-state index in [4.69, 9.17) is 11.6 Å². The molecule has 3 nitrogen and oxygen atoms in total. The van der Waals surface area contributed by atoms with E-state index < -0.39 is 0 Å². The second kappa shape index (κ2) is 6.32. The number of likely N-dealkylation sites (tertiary alicyclic amines) is 1. The van der Waals surface area contributed by atoms with Gasteiger partial charge in [0.15, 0.2) is 0 Å². The zero-order chi connectivity index (χ0) is 14.8. The van der Waals surface area contributed by atoms with Gasteiger partial charge in [-0.25, -0.2) is 4.39 Å². The van der Waals surface area contributed by atoms with Gasteiger partial charge in [0.2, 0.25) is 5.91 Å². The Hall–Kier alpha value is -1.13. The monoisotopic (exact) mass is 310 g/mol. The minimum Gasteiger partial charge on any atom is -0.356 e. The number of hydrogen-bond donors (Lipinski definition) is 1. The Balaban J connectivity index is 1.73. The average Bonchev–Trinajstić information content (AvgIpc) is 2.89. The van der Waals surface area contributed by atoms with Crippen LogP contribution in [0.1, 0.15) is 31.2 Å². The van der Waals surface area contributed by atoms with Crippen LogP contribution in [0, 0.1) is 11.7 Å². The number of amides is 1. The summed E-state index contributed by atoms with van der Waals surface area (Å²) in [5, 5.41) is 3.34. The fraction of sp³-hybridized carbons (Fsp3) is 0.562. The predicted molar refractivity (Wildman–Crippen MR) is 80.6 cm³/mol. The average molecular weight is 311 g/mol. The van der Waals surface area contributed by atoms with Crippen LogP contribution < -0.4 is 5.32 Å². The van der Waals surface area contributed by atoms with Gasteiger partial charge in [-0.15, -0.1) is 0 Å². The standard InChI is InChI=1S/C16H20ClFN2O/c17-13-5-4-11(14(18)8-13)10-20-6-2-1-3-15(20)12-7-16(21)19-9-12/h4-5,8,12,15H,1-3,6-7,9-10H2,(H,19,21)/t12-,15+/m1/s1. The summed E-state index contributed by atoms with van der Waals surface area (Å²) in [6.07, 6.45) is 4.02. The van der Waals surface area contributed by atoms with E-state index in [2.05, 4.69) is 10.2 Å². The van der Waals surface area contributed by atoms with Gasteiger partial charge in [-0.2, -0.15) is 0 Å². The topological polar surface area (TPSA) is 32.3 Å². The van der Waals surface area contributed by atoms with Gasteiger partial charge >= 0.3 is 0 Å². The third kappa shape index (κ3) is 3.38. The van der Waals surface area contributed by atoms with Crippen LogP contribution in [0.2, 0.25) is 5.02 Å². The zero-order valence-electron chi connectivity index (χ0n) is 11.9. The third-order valence-electron chi connectivity index (χ3n) is 4.61. The van der Waals surface area contributed by atoms with Crippen LogP contribution in [-0.4, -0.2) is 29.9 Å². The fourth-order valence-electron chi connectivity index (χ4n) is 3.52. The van der Waals surface area contributed by atoms with Crippen molar-refractivity contribution in [1.29, 1.82) is 0 Å². The largest absolute Gasteiger partial charge is 0.356 e. The highest BCUT2D eigenvalue weighted by atomic mass is 35.5. The van der Waals surface area contributed by atoms with Crippen molar-refractivity contribution in [3.05, 3.63) is 34.6 Å². The van der Waals surface area contributed by atoms with Gasteiger partial charge in [-0.3, -0.25) is 9.69 Å². The molecule has 0 radical (unpaired) electrons. The number of nitrogens with one attached hydrogen (secondary N) is 1. The first-order chi connectivity index (χ1) is 10.1. The maximum Gasteiger partial charge on any atom is 0.220 e. The first-order valence-electron chi connectivity index (χ1n) is 7.58. The quantitative estimate of drug-likeness (QED) is 0.931. The Morgan fingerprint density at radius 2 is 2.24 bits per heavy atom. The highest BCUT2D eigenvalue weighted by molar-refractivity contribution is 6.30. The molecule has 5 heteroatoms. The molecule has 2 aliphatic rings. The molecule has 2 heterocycles. The molecule has 1 aromatic carbocycles. The lowest BCUT2D eigenvalue weighted by Crippen LogP contribution is -2.44. The number of benzene rings is 1. The first kappa shape index (κ1) is 14.8. The normalized spacial score (nSPS) is 26.9. The van der Waals surface area contributed by atoms with Crippen LogP contribution in [0.25, 0.3) is 0 Å². The zero-order valence-corrected chi connectivity index (χ0v) is 12.7. The van der Waals surface area contributed by atoms with E-state index in [9.17, 15) is 9.18 Å². The maximum absolute atomic E-state index is 14.0. The number of piperidine rings is 1. The Morgan fingerprint density at radius 1 is 1.38 bits per heavy atom. The van der Waals surface area contributed by atoms with Crippen molar-refractivity contribution in [2.75, 3.05) is 13.1 Å². The molecule has 2 aliphatic heterocycles. The SMILES string of the molecule is O=C1C[C@@H]([C@@H]2CCCCN2Cc2ccc(Cl)cc2F)CN1. The molecule has 2 saturated heterocycles. The van der Waals surface area contributed by atoms with Crippen LogP contribution in [-0.2, 0) is 11.3 Å². The van der Waals surface area contributed by atoms with E-state index in [0.29, 0.717) is 35.5 Å². The second-order valence-corrected chi connectivity index (χ2v) is 6.47. The molecule has 0 bridgehead atoms. The number of halogens is 2. The van der Waals surface area contributed by atoms with Crippen LogP contribution in [0.15, 0.2) is 18.2 Å². The Morgan fingerprint density at radius 3 is 2.95 bits per heavy atom. The highest BCUT2D eigenvalue weighted by Gasteiger charge is 2.34. The van der Waals surface area contributed by atoms with Gasteiger partial charge in [0, 0.05) is 42.1 Å². The molecular weight excluding hydrogens is 291 g/mol. The second-order valence-electron chi connectivity index (χ2n) is 6.04. The molecule has 0 aliphatic carbocycles. The van der Waals surface area contributed by atoms with Crippen LogP contribution in [0.5, 0.6) is 0 Å². The number of hydrogen-bond acceptors (Lipinski definition) is 2. The van der Waals surface area contributed by atoms with E-state index in [1.807, 2.05) is 0 Å². The van der Waals surface area contributed by atoms with Gasteiger partial charge in [0.1, 0.15) is 5.82 Å². The molecule has 1 N–H and O–H groups in total. The molecule has 1 amide bonds. The number of carbonyl (C=O) groups is 1. The molecule has 1 aromatic rings. The summed E-state index contributed by atoms with van der Waals surface area (Å²) in [6.45, 7) is 2.32. The lowest BCUT2D eigenvalue weighted by atomic mass is 9.89. The van der Waals surface area contributed by atoms with Crippen molar-refractivity contribution in [3.8, 4) is 0 Å². The van der Waals surface area contributed by atoms with Crippen LogP contribution in [0.3, 0.4) is 0 Å². The first-order valence-corrected chi connectivity index (χ1v) is 7.96. The molecule has 3 rings (SSSR count). The fourth-order valence-corrected chi connectivity index (χ4v) is 3.67. The molecule has 0 aromatic heterocycles. The molecule has 2 atom stereocenters. The highest BCUT2D eigenvalue weighted by Crippen LogP contribution is 2.29. The van der Waals surface area contributed by atoms with Crippen molar-refractivity contribution in [2.24, 2.45) is 5.92 Å². The minimum atomic E-state index is -0.243. The van der Waals surface area contributed by atoms with E-state index in [1.165, 1.54) is 12.5 Å². The maximum atomic E-state index is 14.0. The third-order valence-corrected chi connectivity index (χ3v) is 4.84. The summed E-state index contributed by atoms with van der Waals surface area (Å²) in [4.78, 5) is 13.8. The summed E-state index contributed by atoms with van der Waals surface area (Å²) in [5.74, 6) is 0.254. The molecule has 2 fully saturated rings. The van der Waals surface area contributed by atoms with Crippen molar-refractivity contribution in [3.63, 3.8) is 0 Å².